The van der Waals surface area contributed by atoms with Gasteiger partial charge in [0.15, 0.2) is 0 Å². The Labute approximate surface area is 145 Å². The van der Waals surface area contributed by atoms with E-state index in [2.05, 4.69) is 5.32 Å². The van der Waals surface area contributed by atoms with Gasteiger partial charge in [-0.1, -0.05) is 25.0 Å². The number of aryl methyl sites for hydroxylation is 1. The minimum absolute atomic E-state index is 0.129. The van der Waals surface area contributed by atoms with Gasteiger partial charge < -0.3 is 15.1 Å². The van der Waals surface area contributed by atoms with Crippen molar-refractivity contribution in [3.05, 3.63) is 29.8 Å². The van der Waals surface area contributed by atoms with Crippen LogP contribution < -0.4 is 5.32 Å². The monoisotopic (exact) mass is 331 g/mol. The van der Waals surface area contributed by atoms with E-state index in [0.717, 1.165) is 37.2 Å². The molecule has 1 aliphatic rings. The molecule has 132 valence electrons. The number of hydrogen-bond donors (Lipinski definition) is 1. The van der Waals surface area contributed by atoms with Crippen LogP contribution in [-0.4, -0.2) is 55.3 Å². The minimum atomic E-state index is 0.129. The first-order chi connectivity index (χ1) is 11.6. The van der Waals surface area contributed by atoms with E-state index >= 15 is 0 Å². The highest BCUT2D eigenvalue weighted by Gasteiger charge is 2.15. The molecular formula is C19H29N3O2. The maximum Gasteiger partial charge on any atom is 0.241 e. The molecule has 0 atom stereocenters. The zero-order chi connectivity index (χ0) is 17.4. The molecule has 24 heavy (non-hydrogen) atoms. The third-order valence-electron chi connectivity index (χ3n) is 4.46. The second-order valence-corrected chi connectivity index (χ2v) is 6.64. The fourth-order valence-corrected chi connectivity index (χ4v) is 2.92. The van der Waals surface area contributed by atoms with Crippen molar-refractivity contribution in [2.24, 2.45) is 0 Å². The van der Waals surface area contributed by atoms with Crippen molar-refractivity contribution in [2.45, 2.75) is 38.5 Å². The number of carbonyl (C=O) groups excluding carboxylic acids is 2. The van der Waals surface area contributed by atoms with E-state index in [4.69, 9.17) is 0 Å². The van der Waals surface area contributed by atoms with Crippen LogP contribution in [0.1, 0.15) is 37.7 Å². The summed E-state index contributed by atoms with van der Waals surface area (Å²) in [5.41, 5.74) is 2.05. The Kier molecular flexibility index (Phi) is 7.09. The molecule has 0 aromatic heterocycles. The van der Waals surface area contributed by atoms with Gasteiger partial charge >= 0.3 is 0 Å². The summed E-state index contributed by atoms with van der Waals surface area (Å²) in [6.45, 7) is 2.10. The highest BCUT2D eigenvalue weighted by Crippen LogP contribution is 2.14. The Morgan fingerprint density at radius 2 is 1.83 bits per heavy atom. The first-order valence-electron chi connectivity index (χ1n) is 8.87. The molecule has 5 nitrogen and oxygen atoms in total. The molecule has 0 bridgehead atoms. The number of carbonyl (C=O) groups is 2. The molecule has 0 spiro atoms. The third kappa shape index (κ3) is 5.87. The second-order valence-electron chi connectivity index (χ2n) is 6.64. The van der Waals surface area contributed by atoms with E-state index in [0.29, 0.717) is 19.4 Å². The van der Waals surface area contributed by atoms with Crippen LogP contribution >= 0.6 is 0 Å². The first-order valence-corrected chi connectivity index (χ1v) is 8.87. The predicted octanol–water partition coefficient (Wildman–Crippen LogP) is 2.52. The average Bonchev–Trinajstić information content (AvgIpc) is 2.87. The summed E-state index contributed by atoms with van der Waals surface area (Å²) in [6.07, 6.45) is 5.90. The molecule has 1 fully saturated rings. The normalized spacial score (nSPS) is 14.8. The van der Waals surface area contributed by atoms with E-state index in [-0.39, 0.29) is 11.8 Å². The molecule has 1 aromatic rings. The number of nitrogens with zero attached hydrogens (tertiary/aromatic N) is 2. The largest absolute Gasteiger partial charge is 0.376 e. The molecular weight excluding hydrogens is 302 g/mol. The van der Waals surface area contributed by atoms with Crippen LogP contribution in [-0.2, 0) is 16.0 Å². The van der Waals surface area contributed by atoms with Gasteiger partial charge in [0.2, 0.25) is 11.8 Å². The lowest BCUT2D eigenvalue weighted by atomic mass is 10.1. The fraction of sp³-hybridized carbons (Fsp3) is 0.579. The summed E-state index contributed by atoms with van der Waals surface area (Å²) in [5.74, 6) is 0.301. The Hall–Kier alpha value is -2.04. The highest BCUT2D eigenvalue weighted by atomic mass is 16.2. The van der Waals surface area contributed by atoms with Crippen molar-refractivity contribution >= 4 is 17.5 Å². The van der Waals surface area contributed by atoms with Crippen molar-refractivity contribution in [3.63, 3.8) is 0 Å². The molecule has 0 saturated carbocycles. The first kappa shape index (κ1) is 18.3. The van der Waals surface area contributed by atoms with Crippen LogP contribution in [0.5, 0.6) is 0 Å². The minimum Gasteiger partial charge on any atom is -0.376 e. The van der Waals surface area contributed by atoms with Crippen LogP contribution in [0.25, 0.3) is 0 Å². The fourth-order valence-electron chi connectivity index (χ4n) is 2.92. The van der Waals surface area contributed by atoms with Crippen molar-refractivity contribution in [1.82, 2.24) is 9.80 Å². The SMILES string of the molecule is CN(C)C(=O)CCc1cccc(NCC(=O)N2CCCCCC2)c1. The lowest BCUT2D eigenvalue weighted by Gasteiger charge is -2.20. The molecule has 1 saturated heterocycles. The number of hydrogen-bond acceptors (Lipinski definition) is 3. The Bertz CT molecular complexity index is 549. The van der Waals surface area contributed by atoms with Crippen LogP contribution in [0.3, 0.4) is 0 Å². The summed E-state index contributed by atoms with van der Waals surface area (Å²) in [7, 11) is 3.55. The van der Waals surface area contributed by atoms with Crippen LogP contribution in [0.15, 0.2) is 24.3 Å². The van der Waals surface area contributed by atoms with Crippen LogP contribution in [0.4, 0.5) is 5.69 Å². The molecule has 1 heterocycles. The topological polar surface area (TPSA) is 52.7 Å². The summed E-state index contributed by atoms with van der Waals surface area (Å²) in [5, 5.41) is 3.23. The number of benzene rings is 1. The zero-order valence-corrected chi connectivity index (χ0v) is 14.9. The highest BCUT2D eigenvalue weighted by molar-refractivity contribution is 5.81. The van der Waals surface area contributed by atoms with Crippen LogP contribution in [0, 0.1) is 0 Å². The Morgan fingerprint density at radius 1 is 1.12 bits per heavy atom. The lowest BCUT2D eigenvalue weighted by molar-refractivity contribution is -0.129. The lowest BCUT2D eigenvalue weighted by Crippen LogP contribution is -2.36. The van der Waals surface area contributed by atoms with Crippen molar-refractivity contribution in [3.8, 4) is 0 Å². The summed E-state index contributed by atoms with van der Waals surface area (Å²) >= 11 is 0. The van der Waals surface area contributed by atoms with Gasteiger partial charge in [0, 0.05) is 39.3 Å². The van der Waals surface area contributed by atoms with E-state index in [1.54, 1.807) is 19.0 Å². The van der Waals surface area contributed by atoms with E-state index in [9.17, 15) is 9.59 Å². The van der Waals surface area contributed by atoms with E-state index in [1.807, 2.05) is 29.2 Å². The average molecular weight is 331 g/mol. The van der Waals surface area contributed by atoms with Gasteiger partial charge in [-0.15, -0.1) is 0 Å². The van der Waals surface area contributed by atoms with Gasteiger partial charge in [-0.2, -0.15) is 0 Å². The number of nitrogens with one attached hydrogen (secondary N) is 1. The van der Waals surface area contributed by atoms with Crippen molar-refractivity contribution < 1.29 is 9.59 Å². The summed E-state index contributed by atoms with van der Waals surface area (Å²) in [6, 6.07) is 7.98. The summed E-state index contributed by atoms with van der Waals surface area (Å²) in [4.78, 5) is 27.6. The van der Waals surface area contributed by atoms with Gasteiger partial charge in [0.1, 0.15) is 0 Å². The van der Waals surface area contributed by atoms with Crippen molar-refractivity contribution in [2.75, 3.05) is 39.0 Å². The van der Waals surface area contributed by atoms with Gasteiger partial charge in [0.05, 0.1) is 6.54 Å². The molecule has 0 unspecified atom stereocenters. The Balaban J connectivity index is 1.82. The molecule has 0 radical (unpaired) electrons. The molecule has 2 amide bonds. The van der Waals surface area contributed by atoms with Gasteiger partial charge in [-0.3, -0.25) is 9.59 Å². The second kappa shape index (κ2) is 9.30. The van der Waals surface area contributed by atoms with E-state index in [1.165, 1.54) is 12.8 Å². The molecule has 5 heteroatoms. The van der Waals surface area contributed by atoms with Gasteiger partial charge in [-0.25, -0.2) is 0 Å². The molecule has 2 rings (SSSR count). The summed E-state index contributed by atoms with van der Waals surface area (Å²) < 4.78 is 0. The molecule has 0 aliphatic carbocycles. The maximum atomic E-state index is 12.3. The molecule has 1 aliphatic heterocycles. The number of likely N-dealkylation sites (tertiary alicyclic amines) is 1. The standard InChI is InChI=1S/C19H29N3O2/c1-21(2)18(23)11-10-16-8-7-9-17(14-16)20-15-19(24)22-12-5-3-4-6-13-22/h7-9,14,20H,3-6,10-13,15H2,1-2H3. The van der Waals surface area contributed by atoms with Crippen LogP contribution in [0.2, 0.25) is 0 Å². The zero-order valence-electron chi connectivity index (χ0n) is 14.9. The third-order valence-corrected chi connectivity index (χ3v) is 4.46. The number of rotatable bonds is 6. The Morgan fingerprint density at radius 3 is 2.50 bits per heavy atom. The van der Waals surface area contributed by atoms with E-state index < -0.39 is 0 Å². The van der Waals surface area contributed by atoms with Crippen molar-refractivity contribution in [1.29, 1.82) is 0 Å². The van der Waals surface area contributed by atoms with Gasteiger partial charge in [0.25, 0.3) is 0 Å². The smallest absolute Gasteiger partial charge is 0.241 e. The maximum absolute atomic E-state index is 12.3. The quantitative estimate of drug-likeness (QED) is 0.871. The molecule has 1 aromatic carbocycles. The van der Waals surface area contributed by atoms with Gasteiger partial charge in [-0.05, 0) is 37.0 Å². The number of amides is 2. The molecule has 1 N–H and O–H groups in total. The number of anilines is 1. The predicted molar refractivity (Wildman–Crippen MR) is 97.0 cm³/mol.